The summed E-state index contributed by atoms with van der Waals surface area (Å²) in [6.45, 7) is 0. The Labute approximate surface area is 161 Å². The van der Waals surface area contributed by atoms with Gasteiger partial charge in [-0.1, -0.05) is 6.07 Å². The zero-order valence-electron chi connectivity index (χ0n) is 14.8. The van der Waals surface area contributed by atoms with Gasteiger partial charge in [0, 0.05) is 5.54 Å². The molecule has 6 nitrogen and oxygen atoms in total. The van der Waals surface area contributed by atoms with Crippen LogP contribution < -0.4 is 8.91 Å². The molecule has 1 saturated carbocycles. The van der Waals surface area contributed by atoms with E-state index in [1.165, 1.54) is 12.1 Å². The summed E-state index contributed by atoms with van der Waals surface area (Å²) in [6.07, 6.45) is 4.09. The molecule has 2 bridgehead atoms. The SMILES string of the molecule is O=S1(=O)CCC[C@]2(N1)[C@@H]1CC[C@H]2Cc2ccc(OS(=O)(=O)C(F)(F)F)cc2C1. The fraction of sp³-hybridized carbons (Fsp3) is 0.647. The predicted octanol–water partition coefficient (Wildman–Crippen LogP) is 2.49. The van der Waals surface area contributed by atoms with E-state index in [0.29, 0.717) is 24.8 Å². The quantitative estimate of drug-likeness (QED) is 0.565. The third-order valence-electron chi connectivity index (χ3n) is 6.27. The molecule has 1 aromatic carbocycles. The lowest BCUT2D eigenvalue weighted by Gasteiger charge is -2.42. The van der Waals surface area contributed by atoms with Gasteiger partial charge in [0.1, 0.15) is 5.75 Å². The Hall–Kier alpha value is -1.33. The van der Waals surface area contributed by atoms with E-state index in [1.54, 1.807) is 6.07 Å². The first-order valence-corrected chi connectivity index (χ1v) is 12.1. The number of rotatable bonds is 2. The van der Waals surface area contributed by atoms with Gasteiger partial charge in [0.2, 0.25) is 10.0 Å². The average molecular weight is 439 g/mol. The van der Waals surface area contributed by atoms with Crippen molar-refractivity contribution < 1.29 is 34.2 Å². The van der Waals surface area contributed by atoms with Crippen LogP contribution in [0, 0.1) is 11.8 Å². The highest BCUT2D eigenvalue weighted by atomic mass is 32.2. The monoisotopic (exact) mass is 439 g/mol. The van der Waals surface area contributed by atoms with E-state index in [0.717, 1.165) is 24.8 Å². The Morgan fingerprint density at radius 1 is 1.11 bits per heavy atom. The predicted molar refractivity (Wildman–Crippen MR) is 94.6 cm³/mol. The van der Waals surface area contributed by atoms with E-state index in [9.17, 15) is 30.0 Å². The van der Waals surface area contributed by atoms with Gasteiger partial charge in [-0.25, -0.2) is 13.1 Å². The molecule has 3 atom stereocenters. The first kappa shape index (κ1) is 20.0. The molecule has 1 heterocycles. The lowest BCUT2D eigenvalue weighted by atomic mass is 9.76. The van der Waals surface area contributed by atoms with Crippen molar-refractivity contribution in [1.82, 2.24) is 4.72 Å². The van der Waals surface area contributed by atoms with Gasteiger partial charge in [-0.15, -0.1) is 0 Å². The second kappa shape index (κ2) is 6.33. The molecule has 1 N–H and O–H groups in total. The molecule has 1 spiro atoms. The highest BCUT2D eigenvalue weighted by Gasteiger charge is 2.54. The molecule has 1 aliphatic heterocycles. The fourth-order valence-corrected chi connectivity index (χ4v) is 7.18. The smallest absolute Gasteiger partial charge is 0.376 e. The zero-order chi connectivity index (χ0) is 20.4. The minimum Gasteiger partial charge on any atom is -0.376 e. The van der Waals surface area contributed by atoms with Gasteiger partial charge in [-0.05, 0) is 73.6 Å². The third-order valence-corrected chi connectivity index (χ3v) is 8.77. The number of sulfonamides is 1. The van der Waals surface area contributed by atoms with Gasteiger partial charge < -0.3 is 4.18 Å². The van der Waals surface area contributed by atoms with Crippen molar-refractivity contribution in [3.8, 4) is 5.75 Å². The summed E-state index contributed by atoms with van der Waals surface area (Å²) in [7, 11) is -9.08. The number of halogens is 3. The molecular formula is C17H20F3NO5S2. The minimum absolute atomic E-state index is 0.0169. The molecule has 4 rings (SSSR count). The fourth-order valence-electron chi connectivity index (χ4n) is 5.09. The van der Waals surface area contributed by atoms with E-state index in [1.807, 2.05) is 0 Å². The van der Waals surface area contributed by atoms with E-state index in [4.69, 9.17) is 0 Å². The van der Waals surface area contributed by atoms with E-state index >= 15 is 0 Å². The Balaban J connectivity index is 1.65. The number of hydrogen-bond acceptors (Lipinski definition) is 5. The zero-order valence-corrected chi connectivity index (χ0v) is 16.5. The lowest BCUT2D eigenvalue weighted by Crippen LogP contribution is -2.58. The van der Waals surface area contributed by atoms with Gasteiger partial charge in [0.15, 0.2) is 0 Å². The van der Waals surface area contributed by atoms with Gasteiger partial charge in [-0.3, -0.25) is 0 Å². The van der Waals surface area contributed by atoms with E-state index in [-0.39, 0.29) is 23.3 Å². The largest absolute Gasteiger partial charge is 0.534 e. The molecule has 1 aromatic rings. The lowest BCUT2D eigenvalue weighted by molar-refractivity contribution is -0.0500. The maximum atomic E-state index is 12.6. The van der Waals surface area contributed by atoms with Crippen molar-refractivity contribution in [3.63, 3.8) is 0 Å². The maximum absolute atomic E-state index is 12.6. The summed E-state index contributed by atoms with van der Waals surface area (Å²) in [5, 5.41) is 0. The summed E-state index contributed by atoms with van der Waals surface area (Å²) in [5.74, 6) is -0.149. The van der Waals surface area contributed by atoms with Crippen LogP contribution in [0.15, 0.2) is 18.2 Å². The Kier molecular flexibility index (Phi) is 4.51. The van der Waals surface area contributed by atoms with E-state index < -0.39 is 31.2 Å². The van der Waals surface area contributed by atoms with Gasteiger partial charge in [0.05, 0.1) is 5.75 Å². The average Bonchev–Trinajstić information content (AvgIpc) is 2.76. The van der Waals surface area contributed by atoms with Crippen LogP contribution >= 0.6 is 0 Å². The minimum atomic E-state index is -5.73. The van der Waals surface area contributed by atoms with Crippen molar-refractivity contribution in [2.45, 2.75) is 49.6 Å². The number of benzene rings is 1. The number of nitrogens with one attached hydrogen (secondary N) is 1. The van der Waals surface area contributed by atoms with Crippen LogP contribution in [0.1, 0.15) is 36.8 Å². The van der Waals surface area contributed by atoms with Crippen molar-refractivity contribution in [3.05, 3.63) is 29.3 Å². The van der Waals surface area contributed by atoms with Gasteiger partial charge >= 0.3 is 15.6 Å². The van der Waals surface area contributed by atoms with Gasteiger partial charge in [0.25, 0.3) is 0 Å². The molecule has 0 radical (unpaired) electrons. The van der Waals surface area contributed by atoms with Crippen LogP contribution in [0.5, 0.6) is 5.75 Å². The van der Waals surface area contributed by atoms with Crippen molar-refractivity contribution in [2.75, 3.05) is 5.75 Å². The first-order chi connectivity index (χ1) is 12.9. The molecule has 1 saturated heterocycles. The van der Waals surface area contributed by atoms with Crippen LogP contribution in [-0.2, 0) is 33.0 Å². The Bertz CT molecular complexity index is 1010. The molecule has 0 unspecified atom stereocenters. The number of hydrogen-bond donors (Lipinski definition) is 1. The summed E-state index contributed by atoms with van der Waals surface area (Å²) < 4.78 is 91.9. The van der Waals surface area contributed by atoms with Crippen LogP contribution in [0.25, 0.3) is 0 Å². The summed E-state index contributed by atoms with van der Waals surface area (Å²) in [6, 6.07) is 4.14. The number of fused-ring (bicyclic) bond motifs is 1. The second-order valence-electron chi connectivity index (χ2n) is 7.86. The summed E-state index contributed by atoms with van der Waals surface area (Å²) >= 11 is 0. The molecule has 2 aliphatic carbocycles. The van der Waals surface area contributed by atoms with Crippen LogP contribution in [0.2, 0.25) is 0 Å². The molecule has 0 amide bonds. The third kappa shape index (κ3) is 3.30. The number of alkyl halides is 3. The Morgan fingerprint density at radius 2 is 1.75 bits per heavy atom. The standard InChI is InChI=1S/C17H20F3NO5S2/c18-17(19,20)28(24,25)26-15-5-2-11-8-13-3-4-14(9-12(11)10-15)16(13)6-1-7-27(22,23)21-16/h2,5,10,13-14,21H,1,3-4,6-9H2/t13-,14+,16+/m0/s1. The van der Waals surface area contributed by atoms with E-state index in [2.05, 4.69) is 8.91 Å². The van der Waals surface area contributed by atoms with Crippen molar-refractivity contribution >= 4 is 20.1 Å². The van der Waals surface area contributed by atoms with Crippen molar-refractivity contribution in [2.24, 2.45) is 11.8 Å². The molecule has 156 valence electrons. The molecule has 3 aliphatic rings. The normalized spacial score (nSPS) is 32.0. The van der Waals surface area contributed by atoms with Crippen LogP contribution in [-0.4, -0.2) is 33.6 Å². The highest BCUT2D eigenvalue weighted by Crippen LogP contribution is 2.51. The summed E-state index contributed by atoms with van der Waals surface area (Å²) in [5.41, 5.74) is -4.42. The first-order valence-electron chi connectivity index (χ1n) is 9.06. The van der Waals surface area contributed by atoms with Crippen LogP contribution in [0.3, 0.4) is 0 Å². The second-order valence-corrected chi connectivity index (χ2v) is 11.2. The molecule has 2 fully saturated rings. The van der Waals surface area contributed by atoms with Crippen molar-refractivity contribution in [1.29, 1.82) is 0 Å². The maximum Gasteiger partial charge on any atom is 0.534 e. The molecule has 11 heteroatoms. The Morgan fingerprint density at radius 3 is 2.36 bits per heavy atom. The molecule has 28 heavy (non-hydrogen) atoms. The van der Waals surface area contributed by atoms with Crippen LogP contribution in [0.4, 0.5) is 13.2 Å². The van der Waals surface area contributed by atoms with Gasteiger partial charge in [-0.2, -0.15) is 21.6 Å². The highest BCUT2D eigenvalue weighted by molar-refractivity contribution is 7.89. The summed E-state index contributed by atoms with van der Waals surface area (Å²) in [4.78, 5) is 0. The molecular weight excluding hydrogens is 419 g/mol. The molecule has 0 aromatic heterocycles. The topological polar surface area (TPSA) is 89.5 Å².